The predicted octanol–water partition coefficient (Wildman–Crippen LogP) is 0.710. The molecule has 0 aliphatic carbocycles. The third-order valence-corrected chi connectivity index (χ3v) is 4.05. The first-order chi connectivity index (χ1) is 11.3. The Bertz CT molecular complexity index is 819. The van der Waals surface area contributed by atoms with E-state index in [1.54, 1.807) is 11.1 Å². The molecule has 0 radical (unpaired) electrons. The van der Waals surface area contributed by atoms with E-state index < -0.39 is 0 Å². The lowest BCUT2D eigenvalue weighted by Gasteiger charge is -2.35. The molecule has 0 unspecified atom stereocenters. The minimum Gasteiger partial charge on any atom is -0.351 e. The molecule has 0 atom stereocenters. The van der Waals surface area contributed by atoms with Crippen LogP contribution < -0.4 is 4.90 Å². The number of nitrogens with one attached hydrogen (secondary N) is 1. The molecule has 3 aromatic rings. The van der Waals surface area contributed by atoms with Gasteiger partial charge in [-0.1, -0.05) is 24.3 Å². The highest BCUT2D eigenvalue weighted by atomic mass is 16.2. The van der Waals surface area contributed by atoms with Gasteiger partial charge in [-0.25, -0.2) is 0 Å². The van der Waals surface area contributed by atoms with Crippen LogP contribution in [-0.4, -0.2) is 62.6 Å². The first kappa shape index (κ1) is 13.6. The molecule has 3 heterocycles. The SMILES string of the molecule is O=C(c1cn[nH]n1)N1CCN(c2nncc3ccccc23)CC1. The number of anilines is 1. The highest BCUT2D eigenvalue weighted by molar-refractivity contribution is 5.93. The number of rotatable bonds is 2. The predicted molar refractivity (Wildman–Crippen MR) is 84.0 cm³/mol. The van der Waals surface area contributed by atoms with Gasteiger partial charge < -0.3 is 9.80 Å². The van der Waals surface area contributed by atoms with Crippen molar-refractivity contribution in [1.29, 1.82) is 0 Å². The van der Waals surface area contributed by atoms with Crippen LogP contribution in [0.4, 0.5) is 5.82 Å². The topological polar surface area (TPSA) is 90.9 Å². The van der Waals surface area contributed by atoms with E-state index in [9.17, 15) is 4.79 Å². The summed E-state index contributed by atoms with van der Waals surface area (Å²) in [6.07, 6.45) is 3.22. The Morgan fingerprint density at radius 2 is 1.91 bits per heavy atom. The number of aromatic amines is 1. The molecule has 8 nitrogen and oxygen atoms in total. The Labute approximate surface area is 132 Å². The fourth-order valence-corrected chi connectivity index (χ4v) is 2.83. The largest absolute Gasteiger partial charge is 0.351 e. The third kappa shape index (κ3) is 2.48. The number of fused-ring (bicyclic) bond motifs is 1. The van der Waals surface area contributed by atoms with Gasteiger partial charge in [0.1, 0.15) is 0 Å². The van der Waals surface area contributed by atoms with Crippen molar-refractivity contribution in [1.82, 2.24) is 30.5 Å². The van der Waals surface area contributed by atoms with Crippen LogP contribution in [0.1, 0.15) is 10.5 Å². The van der Waals surface area contributed by atoms with E-state index in [1.165, 1.54) is 6.20 Å². The van der Waals surface area contributed by atoms with Gasteiger partial charge in [-0.05, 0) is 0 Å². The zero-order chi connectivity index (χ0) is 15.6. The highest BCUT2D eigenvalue weighted by Crippen LogP contribution is 2.24. The monoisotopic (exact) mass is 309 g/mol. The number of carbonyl (C=O) groups is 1. The second-order valence-corrected chi connectivity index (χ2v) is 5.39. The van der Waals surface area contributed by atoms with Gasteiger partial charge >= 0.3 is 0 Å². The molecule has 1 aromatic carbocycles. The highest BCUT2D eigenvalue weighted by Gasteiger charge is 2.25. The summed E-state index contributed by atoms with van der Waals surface area (Å²) in [7, 11) is 0. The van der Waals surface area contributed by atoms with Gasteiger partial charge in [-0.2, -0.15) is 20.5 Å². The molecule has 1 saturated heterocycles. The number of carbonyl (C=O) groups excluding carboxylic acids is 1. The number of hydrogen-bond acceptors (Lipinski definition) is 6. The van der Waals surface area contributed by atoms with Crippen molar-refractivity contribution < 1.29 is 4.79 Å². The van der Waals surface area contributed by atoms with Gasteiger partial charge in [0.05, 0.1) is 12.4 Å². The van der Waals surface area contributed by atoms with E-state index in [4.69, 9.17) is 0 Å². The summed E-state index contributed by atoms with van der Waals surface area (Å²) in [6.45, 7) is 2.67. The third-order valence-electron chi connectivity index (χ3n) is 4.05. The van der Waals surface area contributed by atoms with E-state index in [2.05, 4.69) is 30.5 Å². The number of amides is 1. The van der Waals surface area contributed by atoms with Gasteiger partial charge in [0, 0.05) is 37.0 Å². The summed E-state index contributed by atoms with van der Waals surface area (Å²) in [4.78, 5) is 16.2. The Hall–Kier alpha value is -3.03. The molecule has 4 rings (SSSR count). The van der Waals surface area contributed by atoms with Gasteiger partial charge in [-0.15, -0.1) is 5.10 Å². The molecule has 1 amide bonds. The summed E-state index contributed by atoms with van der Waals surface area (Å²) < 4.78 is 0. The molecule has 0 bridgehead atoms. The number of benzene rings is 1. The van der Waals surface area contributed by atoms with E-state index in [0.717, 1.165) is 16.6 Å². The lowest BCUT2D eigenvalue weighted by atomic mass is 10.1. The summed E-state index contributed by atoms with van der Waals surface area (Å²) in [5, 5.41) is 20.5. The first-order valence-electron chi connectivity index (χ1n) is 7.43. The normalized spacial score (nSPS) is 15.1. The molecule has 1 fully saturated rings. The Morgan fingerprint density at radius 3 is 2.70 bits per heavy atom. The number of nitrogens with zero attached hydrogens (tertiary/aromatic N) is 6. The molecular formula is C15H15N7O. The Kier molecular flexibility index (Phi) is 3.34. The lowest BCUT2D eigenvalue weighted by molar-refractivity contribution is 0.0740. The maximum absolute atomic E-state index is 12.3. The van der Waals surface area contributed by atoms with Crippen LogP contribution in [0.3, 0.4) is 0 Å². The van der Waals surface area contributed by atoms with Crippen molar-refractivity contribution in [3.8, 4) is 0 Å². The molecule has 0 spiro atoms. The second kappa shape index (κ2) is 5.64. The van der Waals surface area contributed by atoms with Crippen molar-refractivity contribution in [2.24, 2.45) is 0 Å². The van der Waals surface area contributed by atoms with Crippen LogP contribution in [0.5, 0.6) is 0 Å². The first-order valence-corrected chi connectivity index (χ1v) is 7.43. The minimum atomic E-state index is -0.0950. The van der Waals surface area contributed by atoms with Crippen molar-refractivity contribution in [2.45, 2.75) is 0 Å². The van der Waals surface area contributed by atoms with E-state index >= 15 is 0 Å². The van der Waals surface area contributed by atoms with Crippen molar-refractivity contribution in [3.05, 3.63) is 42.4 Å². The molecule has 1 aliphatic heterocycles. The van der Waals surface area contributed by atoms with Crippen LogP contribution in [0.2, 0.25) is 0 Å². The van der Waals surface area contributed by atoms with Crippen LogP contribution >= 0.6 is 0 Å². The number of hydrogen-bond donors (Lipinski definition) is 1. The fraction of sp³-hybridized carbons (Fsp3) is 0.267. The smallest absolute Gasteiger partial charge is 0.276 e. The Balaban J connectivity index is 1.52. The van der Waals surface area contributed by atoms with Gasteiger partial charge in [0.25, 0.3) is 5.91 Å². The van der Waals surface area contributed by atoms with Crippen molar-refractivity contribution in [2.75, 3.05) is 31.1 Å². The molecule has 1 N–H and O–H groups in total. The minimum absolute atomic E-state index is 0.0950. The average molecular weight is 309 g/mol. The van der Waals surface area contributed by atoms with Gasteiger partial charge in [-0.3, -0.25) is 4.79 Å². The van der Waals surface area contributed by atoms with Crippen LogP contribution in [0, 0.1) is 0 Å². The lowest BCUT2D eigenvalue weighted by Crippen LogP contribution is -2.49. The van der Waals surface area contributed by atoms with Crippen molar-refractivity contribution in [3.63, 3.8) is 0 Å². The number of piperazine rings is 1. The van der Waals surface area contributed by atoms with E-state index in [-0.39, 0.29) is 5.91 Å². The average Bonchev–Trinajstić information content (AvgIpc) is 3.15. The zero-order valence-corrected chi connectivity index (χ0v) is 12.4. The second-order valence-electron chi connectivity index (χ2n) is 5.39. The summed E-state index contributed by atoms with van der Waals surface area (Å²) >= 11 is 0. The zero-order valence-electron chi connectivity index (χ0n) is 12.4. The van der Waals surface area contributed by atoms with Crippen molar-refractivity contribution >= 4 is 22.5 Å². The number of aromatic nitrogens is 5. The summed E-state index contributed by atoms with van der Waals surface area (Å²) in [5.41, 5.74) is 0.350. The summed E-state index contributed by atoms with van der Waals surface area (Å²) in [6, 6.07) is 8.06. The van der Waals surface area contributed by atoms with Crippen LogP contribution in [-0.2, 0) is 0 Å². The molecule has 8 heteroatoms. The maximum atomic E-state index is 12.3. The quantitative estimate of drug-likeness (QED) is 0.750. The molecule has 116 valence electrons. The molecule has 23 heavy (non-hydrogen) atoms. The molecule has 1 aliphatic rings. The molecule has 0 saturated carbocycles. The van der Waals surface area contributed by atoms with Gasteiger partial charge in [0.15, 0.2) is 11.5 Å². The van der Waals surface area contributed by atoms with E-state index in [0.29, 0.717) is 31.9 Å². The Morgan fingerprint density at radius 1 is 1.09 bits per heavy atom. The van der Waals surface area contributed by atoms with Gasteiger partial charge in [0.2, 0.25) is 0 Å². The number of H-pyrrole nitrogens is 1. The summed E-state index contributed by atoms with van der Waals surface area (Å²) in [5.74, 6) is 0.777. The van der Waals surface area contributed by atoms with Crippen LogP contribution in [0.25, 0.3) is 10.8 Å². The molecular weight excluding hydrogens is 294 g/mol. The fourth-order valence-electron chi connectivity index (χ4n) is 2.83. The standard InChI is InChI=1S/C15H15N7O/c23-15(13-10-17-20-18-13)22-7-5-21(6-8-22)14-12-4-2-1-3-11(12)9-16-19-14/h1-4,9-10H,5-8H2,(H,17,18,20). The van der Waals surface area contributed by atoms with E-state index in [1.807, 2.05) is 24.3 Å². The molecule has 2 aromatic heterocycles. The maximum Gasteiger partial charge on any atom is 0.276 e. The van der Waals surface area contributed by atoms with Crippen LogP contribution in [0.15, 0.2) is 36.7 Å².